The predicted octanol–water partition coefficient (Wildman–Crippen LogP) is 3.09. The number of halogens is 1. The van der Waals surface area contributed by atoms with Crippen LogP contribution in [0.5, 0.6) is 0 Å². The summed E-state index contributed by atoms with van der Waals surface area (Å²) in [6, 6.07) is 10.8. The van der Waals surface area contributed by atoms with Crippen LogP contribution in [0.1, 0.15) is 22.3 Å². The molecule has 0 bridgehead atoms. The predicted molar refractivity (Wildman–Crippen MR) is 97.5 cm³/mol. The lowest BCUT2D eigenvalue weighted by molar-refractivity contribution is -0.385. The Morgan fingerprint density at radius 1 is 1.27 bits per heavy atom. The number of nitrogens with zero attached hydrogens (tertiary/aromatic N) is 2. The van der Waals surface area contributed by atoms with Gasteiger partial charge in [0, 0.05) is 40.9 Å². The van der Waals surface area contributed by atoms with Crippen molar-refractivity contribution in [2.75, 3.05) is 11.4 Å². The number of hydrogen-bond donors (Lipinski definition) is 1. The van der Waals surface area contributed by atoms with E-state index in [2.05, 4.69) is 5.32 Å². The van der Waals surface area contributed by atoms with E-state index >= 15 is 0 Å². The number of aryl methyl sites for hydroxylation is 1. The first-order valence-electron chi connectivity index (χ1n) is 7.97. The van der Waals surface area contributed by atoms with E-state index in [0.717, 1.165) is 0 Å². The molecule has 8 heteroatoms. The van der Waals surface area contributed by atoms with E-state index in [1.807, 2.05) is 0 Å². The molecule has 134 valence electrons. The molecule has 1 N–H and O–H groups in total. The number of nitrogens with one attached hydrogen (secondary N) is 1. The third kappa shape index (κ3) is 3.67. The molecule has 26 heavy (non-hydrogen) atoms. The fraction of sp³-hybridized carbons (Fsp3) is 0.222. The van der Waals surface area contributed by atoms with Crippen LogP contribution in [0.3, 0.4) is 0 Å². The molecule has 1 heterocycles. The van der Waals surface area contributed by atoms with E-state index in [0.29, 0.717) is 22.8 Å². The van der Waals surface area contributed by atoms with E-state index in [4.69, 9.17) is 11.6 Å². The van der Waals surface area contributed by atoms with E-state index < -0.39 is 10.8 Å². The molecular formula is C18H16ClN3O4. The summed E-state index contributed by atoms with van der Waals surface area (Å²) in [5, 5.41) is 14.4. The number of carbonyl (C=O) groups is 2. The van der Waals surface area contributed by atoms with Gasteiger partial charge in [-0.2, -0.15) is 0 Å². The number of hydrogen-bond acceptors (Lipinski definition) is 4. The average molecular weight is 374 g/mol. The van der Waals surface area contributed by atoms with Gasteiger partial charge in [-0.1, -0.05) is 17.7 Å². The Morgan fingerprint density at radius 3 is 2.62 bits per heavy atom. The molecule has 2 aromatic rings. The molecule has 1 aliphatic heterocycles. The highest BCUT2D eigenvalue weighted by molar-refractivity contribution is 6.30. The summed E-state index contributed by atoms with van der Waals surface area (Å²) in [5.74, 6) is -0.545. The molecule has 0 aliphatic carbocycles. The molecule has 3 rings (SSSR count). The third-order valence-electron chi connectivity index (χ3n) is 4.27. The van der Waals surface area contributed by atoms with Crippen molar-refractivity contribution in [3.8, 4) is 0 Å². The van der Waals surface area contributed by atoms with Crippen molar-refractivity contribution in [2.24, 2.45) is 0 Å². The van der Waals surface area contributed by atoms with Gasteiger partial charge in [0.15, 0.2) is 0 Å². The molecule has 0 saturated carbocycles. The Morgan fingerprint density at radius 2 is 1.96 bits per heavy atom. The number of anilines is 1. The van der Waals surface area contributed by atoms with E-state index in [9.17, 15) is 19.7 Å². The van der Waals surface area contributed by atoms with Gasteiger partial charge in [0.25, 0.3) is 11.6 Å². The number of nitro groups is 1. The summed E-state index contributed by atoms with van der Waals surface area (Å²) in [7, 11) is 0. The van der Waals surface area contributed by atoms with Crippen LogP contribution in [0, 0.1) is 17.0 Å². The quantitative estimate of drug-likeness (QED) is 0.658. The number of carbonyl (C=O) groups excluding carboxylic acids is 2. The first-order valence-corrected chi connectivity index (χ1v) is 8.35. The lowest BCUT2D eigenvalue weighted by Gasteiger charge is -2.17. The fourth-order valence-corrected chi connectivity index (χ4v) is 3.02. The van der Waals surface area contributed by atoms with Gasteiger partial charge in [-0.05, 0) is 37.3 Å². The minimum atomic E-state index is -0.520. The summed E-state index contributed by atoms with van der Waals surface area (Å²) in [5.41, 5.74) is 1.28. The molecule has 0 unspecified atom stereocenters. The number of rotatable bonds is 4. The molecule has 0 aromatic heterocycles. The Kier molecular flexibility index (Phi) is 4.90. The lowest BCUT2D eigenvalue weighted by Crippen LogP contribution is -2.37. The molecule has 7 nitrogen and oxygen atoms in total. The topological polar surface area (TPSA) is 92.6 Å². The molecule has 0 spiro atoms. The molecule has 1 fully saturated rings. The van der Waals surface area contributed by atoms with Crippen LogP contribution in [-0.2, 0) is 4.79 Å². The van der Waals surface area contributed by atoms with Gasteiger partial charge in [0.1, 0.15) is 0 Å². The Balaban J connectivity index is 1.71. The minimum absolute atomic E-state index is 0.104. The van der Waals surface area contributed by atoms with Crippen LogP contribution in [0.15, 0.2) is 42.5 Å². The van der Waals surface area contributed by atoms with Crippen molar-refractivity contribution in [2.45, 2.75) is 19.4 Å². The Bertz CT molecular complexity index is 883. The number of nitro benzene ring substituents is 1. The molecule has 0 radical (unpaired) electrons. The first-order chi connectivity index (χ1) is 12.3. The molecule has 1 atom stereocenters. The molecule has 2 aromatic carbocycles. The Labute approximate surface area is 154 Å². The van der Waals surface area contributed by atoms with Crippen LogP contribution in [0.25, 0.3) is 0 Å². The second-order valence-electron chi connectivity index (χ2n) is 6.11. The maximum atomic E-state index is 12.4. The monoisotopic (exact) mass is 373 g/mol. The second-order valence-corrected chi connectivity index (χ2v) is 6.55. The zero-order chi connectivity index (χ0) is 18.8. The highest BCUT2D eigenvalue weighted by atomic mass is 35.5. The highest BCUT2D eigenvalue weighted by Crippen LogP contribution is 2.24. The van der Waals surface area contributed by atoms with Gasteiger partial charge in [-0.15, -0.1) is 0 Å². The maximum Gasteiger partial charge on any atom is 0.273 e. The average Bonchev–Trinajstić information content (AvgIpc) is 2.96. The maximum absolute atomic E-state index is 12.4. The zero-order valence-electron chi connectivity index (χ0n) is 13.9. The van der Waals surface area contributed by atoms with Gasteiger partial charge in [0.05, 0.1) is 11.0 Å². The summed E-state index contributed by atoms with van der Waals surface area (Å²) >= 11 is 5.86. The normalized spacial score (nSPS) is 16.6. The van der Waals surface area contributed by atoms with Gasteiger partial charge in [-0.25, -0.2) is 0 Å². The van der Waals surface area contributed by atoms with Crippen LogP contribution in [-0.4, -0.2) is 29.3 Å². The van der Waals surface area contributed by atoms with Gasteiger partial charge in [-0.3, -0.25) is 19.7 Å². The minimum Gasteiger partial charge on any atom is -0.347 e. The number of benzene rings is 2. The molecule has 1 aliphatic rings. The van der Waals surface area contributed by atoms with E-state index in [1.165, 1.54) is 18.2 Å². The van der Waals surface area contributed by atoms with Crippen molar-refractivity contribution in [1.82, 2.24) is 5.32 Å². The SMILES string of the molecule is Cc1ccc(C(=O)N[C@@H]2CC(=O)N(c3ccc(Cl)cc3)C2)cc1[N+](=O)[O-]. The van der Waals surface area contributed by atoms with Crippen molar-refractivity contribution in [3.63, 3.8) is 0 Å². The third-order valence-corrected chi connectivity index (χ3v) is 4.52. The summed E-state index contributed by atoms with van der Waals surface area (Å²) in [4.78, 5) is 36.7. The Hall–Kier alpha value is -2.93. The van der Waals surface area contributed by atoms with Gasteiger partial charge >= 0.3 is 0 Å². The second kappa shape index (κ2) is 7.13. The van der Waals surface area contributed by atoms with E-state index in [-0.39, 0.29) is 29.6 Å². The largest absolute Gasteiger partial charge is 0.347 e. The van der Waals surface area contributed by atoms with E-state index in [1.54, 1.807) is 36.1 Å². The first kappa shape index (κ1) is 17.9. The summed E-state index contributed by atoms with van der Waals surface area (Å²) in [6.45, 7) is 1.94. The van der Waals surface area contributed by atoms with Crippen molar-refractivity contribution in [3.05, 3.63) is 68.7 Å². The van der Waals surface area contributed by atoms with Crippen LogP contribution in [0.4, 0.5) is 11.4 Å². The standard InChI is InChI=1S/C18H16ClN3O4/c1-11-2-3-12(8-16(11)22(25)26)18(24)20-14-9-17(23)21(10-14)15-6-4-13(19)5-7-15/h2-8,14H,9-10H2,1H3,(H,20,24)/t14-/m1/s1. The molecule has 2 amide bonds. The summed E-state index contributed by atoms with van der Waals surface area (Å²) in [6.07, 6.45) is 0.169. The highest BCUT2D eigenvalue weighted by Gasteiger charge is 2.32. The van der Waals surface area contributed by atoms with Crippen LogP contribution < -0.4 is 10.2 Å². The summed E-state index contributed by atoms with van der Waals surface area (Å²) < 4.78 is 0. The van der Waals surface area contributed by atoms with Gasteiger partial charge in [0.2, 0.25) is 5.91 Å². The smallest absolute Gasteiger partial charge is 0.273 e. The van der Waals surface area contributed by atoms with Crippen LogP contribution >= 0.6 is 11.6 Å². The van der Waals surface area contributed by atoms with Crippen molar-refractivity contribution in [1.29, 1.82) is 0 Å². The molecular weight excluding hydrogens is 358 g/mol. The zero-order valence-corrected chi connectivity index (χ0v) is 14.7. The molecule has 1 saturated heterocycles. The van der Waals surface area contributed by atoms with Crippen LogP contribution in [0.2, 0.25) is 5.02 Å². The fourth-order valence-electron chi connectivity index (χ4n) is 2.89. The van der Waals surface area contributed by atoms with Gasteiger partial charge < -0.3 is 10.2 Å². The van der Waals surface area contributed by atoms with Crippen molar-refractivity contribution < 1.29 is 14.5 Å². The van der Waals surface area contributed by atoms with Crippen molar-refractivity contribution >= 4 is 34.8 Å². The number of amides is 2. The lowest BCUT2D eigenvalue weighted by atomic mass is 10.1.